The third-order valence-electron chi connectivity index (χ3n) is 12.6. The normalized spacial score (nSPS) is 13.6. The predicted molar refractivity (Wildman–Crippen MR) is 266 cm³/mol. The maximum Gasteiger partial charge on any atom is 0.175 e. The van der Waals surface area contributed by atoms with Crippen molar-refractivity contribution in [2.45, 2.75) is 170 Å². The van der Waals surface area contributed by atoms with Gasteiger partial charge in [0.05, 0.1) is 27.7 Å². The summed E-state index contributed by atoms with van der Waals surface area (Å²) < 4.78 is 18.1. The molecule has 7 heteroatoms. The van der Waals surface area contributed by atoms with Gasteiger partial charge in [0.2, 0.25) is 0 Å². The van der Waals surface area contributed by atoms with E-state index in [2.05, 4.69) is 82.6 Å². The van der Waals surface area contributed by atoms with Gasteiger partial charge in [-0.05, 0) is 86.1 Å². The van der Waals surface area contributed by atoms with E-state index in [1.807, 2.05) is 34.0 Å². The second-order valence-corrected chi connectivity index (χ2v) is 21.2. The summed E-state index contributed by atoms with van der Waals surface area (Å²) in [6, 6.07) is 11.6. The number of Topliss-reactive ketones (excluding diaryl/α,β-unsaturated/α-hetero) is 1. The number of carbonyl (C=O) groups excluding carboxylic acids is 1. The monoisotopic (exact) mass is 872 g/mol. The summed E-state index contributed by atoms with van der Waals surface area (Å²) in [5.74, 6) is 3.61. The minimum Gasteiger partial charge on any atom is -0.492 e. The Morgan fingerprint density at radius 2 is 1.15 bits per heavy atom. The molecule has 0 aliphatic heterocycles. The molecule has 59 heavy (non-hydrogen) atoms. The van der Waals surface area contributed by atoms with Crippen LogP contribution in [0.4, 0.5) is 0 Å². The van der Waals surface area contributed by atoms with E-state index in [-0.39, 0.29) is 5.92 Å². The molecule has 3 atom stereocenters. The van der Waals surface area contributed by atoms with Crippen molar-refractivity contribution in [2.24, 2.45) is 17.8 Å². The quantitative estimate of drug-likeness (QED) is 0.0348. The molecule has 3 nitrogen and oxygen atoms in total. The Balaban J connectivity index is 1.42. The Hall–Kier alpha value is -2.45. The minimum atomic E-state index is 0.114. The lowest BCUT2D eigenvalue weighted by molar-refractivity contribution is 0.0912. The van der Waals surface area contributed by atoms with Crippen LogP contribution >= 0.6 is 45.3 Å². The Morgan fingerprint density at radius 3 is 1.76 bits per heavy atom. The molecular formula is C52H72O3S4. The molecular weight excluding hydrogens is 801 g/mol. The van der Waals surface area contributed by atoms with Gasteiger partial charge >= 0.3 is 0 Å². The zero-order valence-electron chi connectivity index (χ0n) is 37.2. The van der Waals surface area contributed by atoms with Crippen LogP contribution in [0.2, 0.25) is 0 Å². The number of ketones is 1. The van der Waals surface area contributed by atoms with Crippen molar-refractivity contribution in [1.82, 2.24) is 0 Å². The highest BCUT2D eigenvalue weighted by atomic mass is 32.1. The smallest absolute Gasteiger partial charge is 0.175 e. The second kappa shape index (κ2) is 23.7. The largest absolute Gasteiger partial charge is 0.492 e. The highest BCUT2D eigenvalue weighted by molar-refractivity contribution is 7.30. The molecule has 6 aromatic rings. The van der Waals surface area contributed by atoms with Gasteiger partial charge in [-0.25, -0.2) is 0 Å². The fourth-order valence-corrected chi connectivity index (χ4v) is 13.3. The van der Waals surface area contributed by atoms with Gasteiger partial charge in [0, 0.05) is 52.5 Å². The first kappa shape index (κ1) is 46.1. The molecule has 3 unspecified atom stereocenters. The van der Waals surface area contributed by atoms with E-state index in [1.54, 1.807) is 11.3 Å². The molecule has 0 bridgehead atoms. The number of thiophene rings is 4. The molecule has 0 amide bonds. The van der Waals surface area contributed by atoms with Crippen LogP contribution in [0.5, 0.6) is 11.5 Å². The first-order valence-corrected chi connectivity index (χ1v) is 27.0. The van der Waals surface area contributed by atoms with Crippen LogP contribution in [0.25, 0.3) is 50.8 Å². The summed E-state index contributed by atoms with van der Waals surface area (Å²) in [4.78, 5) is 17.2. The number of fused-ring (bicyclic) bond motifs is 4. The van der Waals surface area contributed by atoms with Crippen molar-refractivity contribution >= 4 is 92.2 Å². The summed E-state index contributed by atoms with van der Waals surface area (Å²) in [6.45, 7) is 15.1. The van der Waals surface area contributed by atoms with Gasteiger partial charge in [0.15, 0.2) is 5.78 Å². The number of ether oxygens (including phenoxy) is 2. The van der Waals surface area contributed by atoms with Crippen LogP contribution in [0.1, 0.15) is 180 Å². The fourth-order valence-electron chi connectivity index (χ4n) is 8.86. The highest BCUT2D eigenvalue weighted by Gasteiger charge is 2.25. The Labute approximate surface area is 372 Å². The van der Waals surface area contributed by atoms with Crippen molar-refractivity contribution in [1.29, 1.82) is 0 Å². The van der Waals surface area contributed by atoms with Crippen LogP contribution in [0, 0.1) is 17.8 Å². The Bertz CT molecular complexity index is 2180. The topological polar surface area (TPSA) is 35.5 Å². The van der Waals surface area contributed by atoms with Gasteiger partial charge in [0.25, 0.3) is 0 Å². The predicted octanol–water partition coefficient (Wildman–Crippen LogP) is 18.9. The first-order chi connectivity index (χ1) is 28.9. The Kier molecular flexibility index (Phi) is 18.5. The molecule has 6 rings (SSSR count). The second-order valence-electron chi connectivity index (χ2n) is 17.3. The van der Waals surface area contributed by atoms with Crippen LogP contribution in [-0.4, -0.2) is 19.0 Å². The van der Waals surface area contributed by atoms with Gasteiger partial charge in [0.1, 0.15) is 11.5 Å². The standard InChI is InChI=1S/C52H72O3S4/c1-7-13-18-20-24-36(22-15-9-3)33-54-49-40-27-28-56-44(40)30-41-42(49)31-45-43(50(41)55-34-37(23-16-10-4)25-21-19-14-8-2)32-47(58-45)52-51-39(35-57-52)29-46(59-51)48(53)38(12-6)26-17-11-5/h27-32,35-38H,7-26,33-34H2,1-6H3. The molecule has 0 N–H and O–H groups in total. The average molecular weight is 873 g/mol. The summed E-state index contributed by atoms with van der Waals surface area (Å²) >= 11 is 7.20. The van der Waals surface area contributed by atoms with Gasteiger partial charge < -0.3 is 9.47 Å². The van der Waals surface area contributed by atoms with Crippen molar-refractivity contribution in [3.8, 4) is 21.3 Å². The molecule has 0 fully saturated rings. The molecule has 0 aliphatic carbocycles. The third-order valence-corrected chi connectivity index (χ3v) is 17.0. The molecule has 4 aromatic heterocycles. The maximum atomic E-state index is 13.7. The SMILES string of the molecule is CCCCCCC(CCCC)COc1c2ccsc2cc2c(OCC(CCCC)CCCCCC)c3cc(-c4scc5cc(C(=O)C(CC)CCCC)sc45)sc3cc12. The number of unbranched alkanes of at least 4 members (excludes halogenated alkanes) is 9. The number of hydrogen-bond donors (Lipinski definition) is 0. The summed E-state index contributed by atoms with van der Waals surface area (Å²) in [7, 11) is 0. The fraction of sp³-hybridized carbons (Fsp3) is 0.596. The van der Waals surface area contributed by atoms with Crippen molar-refractivity contribution < 1.29 is 14.3 Å². The number of carbonyl (C=O) groups is 1. The molecule has 0 saturated carbocycles. The molecule has 0 radical (unpaired) electrons. The van der Waals surface area contributed by atoms with Crippen LogP contribution < -0.4 is 9.47 Å². The van der Waals surface area contributed by atoms with E-state index in [0.29, 0.717) is 17.6 Å². The van der Waals surface area contributed by atoms with Crippen molar-refractivity contribution in [3.63, 3.8) is 0 Å². The van der Waals surface area contributed by atoms with Crippen LogP contribution in [0.15, 0.2) is 41.1 Å². The number of rotatable bonds is 29. The molecule has 322 valence electrons. The third kappa shape index (κ3) is 11.7. The first-order valence-electron chi connectivity index (χ1n) is 23.7. The van der Waals surface area contributed by atoms with E-state index in [4.69, 9.17) is 9.47 Å². The van der Waals surface area contributed by atoms with E-state index >= 15 is 0 Å². The lowest BCUT2D eigenvalue weighted by Crippen LogP contribution is -2.13. The van der Waals surface area contributed by atoms with E-state index < -0.39 is 0 Å². The molecule has 4 heterocycles. The van der Waals surface area contributed by atoms with E-state index in [0.717, 1.165) is 55.3 Å². The molecule has 0 spiro atoms. The number of hydrogen-bond acceptors (Lipinski definition) is 7. The van der Waals surface area contributed by atoms with Crippen molar-refractivity contribution in [2.75, 3.05) is 13.2 Å². The number of benzene rings is 2. The van der Waals surface area contributed by atoms with Crippen LogP contribution in [0.3, 0.4) is 0 Å². The highest BCUT2D eigenvalue weighted by Crippen LogP contribution is 2.50. The molecule has 0 aliphatic rings. The summed E-state index contributed by atoms with van der Waals surface area (Å²) in [6.07, 6.45) is 24.4. The lowest BCUT2D eigenvalue weighted by atomic mass is 9.94. The lowest BCUT2D eigenvalue weighted by Gasteiger charge is -2.21. The average Bonchev–Trinajstić information content (AvgIpc) is 4.06. The van der Waals surface area contributed by atoms with E-state index in [9.17, 15) is 4.79 Å². The zero-order valence-corrected chi connectivity index (χ0v) is 40.5. The Morgan fingerprint density at radius 1 is 0.576 bits per heavy atom. The summed E-state index contributed by atoms with van der Waals surface area (Å²) in [5, 5.41) is 10.5. The van der Waals surface area contributed by atoms with E-state index in [1.165, 1.54) is 154 Å². The summed E-state index contributed by atoms with van der Waals surface area (Å²) in [5.41, 5.74) is 0. The maximum absolute atomic E-state index is 13.7. The van der Waals surface area contributed by atoms with Crippen molar-refractivity contribution in [3.05, 3.63) is 46.0 Å². The minimum absolute atomic E-state index is 0.114. The molecule has 2 aromatic carbocycles. The van der Waals surface area contributed by atoms with Gasteiger partial charge in [-0.15, -0.1) is 45.3 Å². The molecule has 0 saturated heterocycles. The van der Waals surface area contributed by atoms with Gasteiger partial charge in [-0.1, -0.05) is 131 Å². The van der Waals surface area contributed by atoms with Crippen LogP contribution in [-0.2, 0) is 0 Å². The zero-order chi connectivity index (χ0) is 41.6. The van der Waals surface area contributed by atoms with Gasteiger partial charge in [-0.3, -0.25) is 4.79 Å². The van der Waals surface area contributed by atoms with Gasteiger partial charge in [-0.2, -0.15) is 0 Å².